The molecule has 0 aromatic heterocycles. The summed E-state index contributed by atoms with van der Waals surface area (Å²) in [7, 11) is 0. The van der Waals surface area contributed by atoms with Crippen LogP contribution in [0, 0.1) is 23.7 Å². The molecule has 4 atom stereocenters. The van der Waals surface area contributed by atoms with Crippen LogP contribution < -0.4 is 5.73 Å². The number of rotatable bonds is 3. The summed E-state index contributed by atoms with van der Waals surface area (Å²) in [6, 6.07) is 0.196. The minimum atomic E-state index is -2.40. The number of fused-ring (bicyclic) bond motifs is 1. The van der Waals surface area contributed by atoms with Crippen molar-refractivity contribution in [1.82, 2.24) is 0 Å². The van der Waals surface area contributed by atoms with Crippen LogP contribution in [0.2, 0.25) is 0 Å². The molecule has 3 rings (SSSR count). The standard InChI is InChI=1S/C14H23F2N/c15-14(16)6-5-9(8-14)7-12(17)13-10-3-1-2-4-11(10)13/h9-13H,1-8,17H2. The van der Waals surface area contributed by atoms with Crippen molar-refractivity contribution in [2.24, 2.45) is 29.4 Å². The lowest BCUT2D eigenvalue weighted by Crippen LogP contribution is -2.27. The van der Waals surface area contributed by atoms with Gasteiger partial charge in [0.1, 0.15) is 0 Å². The molecule has 1 nitrogen and oxygen atoms in total. The first kappa shape index (κ1) is 11.9. The number of nitrogens with two attached hydrogens (primary N) is 1. The fourth-order valence-electron chi connectivity index (χ4n) is 4.47. The molecule has 0 aliphatic heterocycles. The van der Waals surface area contributed by atoms with E-state index in [0.29, 0.717) is 12.3 Å². The summed E-state index contributed by atoms with van der Waals surface area (Å²) in [4.78, 5) is 0. The molecule has 3 aliphatic carbocycles. The van der Waals surface area contributed by atoms with E-state index in [2.05, 4.69) is 0 Å². The van der Waals surface area contributed by atoms with Gasteiger partial charge in [0.15, 0.2) is 0 Å². The van der Waals surface area contributed by atoms with Crippen molar-refractivity contribution >= 4 is 0 Å². The molecule has 3 saturated carbocycles. The predicted molar refractivity (Wildman–Crippen MR) is 63.8 cm³/mol. The maximum atomic E-state index is 13.1. The van der Waals surface area contributed by atoms with Gasteiger partial charge >= 0.3 is 0 Å². The third-order valence-corrected chi connectivity index (χ3v) is 5.33. The Morgan fingerprint density at radius 1 is 1.12 bits per heavy atom. The Morgan fingerprint density at radius 3 is 2.29 bits per heavy atom. The lowest BCUT2D eigenvalue weighted by atomic mass is 9.94. The van der Waals surface area contributed by atoms with Crippen molar-refractivity contribution in [1.29, 1.82) is 0 Å². The highest BCUT2D eigenvalue weighted by Gasteiger charge is 2.53. The van der Waals surface area contributed by atoms with E-state index in [1.165, 1.54) is 25.7 Å². The third-order valence-electron chi connectivity index (χ3n) is 5.33. The lowest BCUT2D eigenvalue weighted by molar-refractivity contribution is 0.00437. The molecule has 0 aromatic carbocycles. The van der Waals surface area contributed by atoms with Gasteiger partial charge in [-0.2, -0.15) is 0 Å². The maximum absolute atomic E-state index is 13.1. The average Bonchev–Trinajstić information content (AvgIpc) is 2.91. The highest BCUT2D eigenvalue weighted by Crippen LogP contribution is 2.57. The Bertz CT molecular complexity index is 280. The largest absolute Gasteiger partial charge is 0.327 e. The van der Waals surface area contributed by atoms with E-state index in [4.69, 9.17) is 5.73 Å². The van der Waals surface area contributed by atoms with E-state index in [1.807, 2.05) is 0 Å². The van der Waals surface area contributed by atoms with Gasteiger partial charge in [-0.15, -0.1) is 0 Å². The van der Waals surface area contributed by atoms with Crippen LogP contribution in [0.15, 0.2) is 0 Å². The van der Waals surface area contributed by atoms with Crippen molar-refractivity contribution < 1.29 is 8.78 Å². The van der Waals surface area contributed by atoms with Crippen molar-refractivity contribution in [2.75, 3.05) is 0 Å². The Kier molecular flexibility index (Phi) is 2.92. The Morgan fingerprint density at radius 2 is 1.76 bits per heavy atom. The average molecular weight is 243 g/mol. The van der Waals surface area contributed by atoms with Crippen LogP contribution in [-0.4, -0.2) is 12.0 Å². The minimum Gasteiger partial charge on any atom is -0.327 e. The molecule has 0 heterocycles. The van der Waals surface area contributed by atoms with Crippen molar-refractivity contribution in [3.05, 3.63) is 0 Å². The zero-order valence-electron chi connectivity index (χ0n) is 10.4. The molecule has 0 bridgehead atoms. The second kappa shape index (κ2) is 4.18. The van der Waals surface area contributed by atoms with E-state index >= 15 is 0 Å². The fraction of sp³-hybridized carbons (Fsp3) is 1.00. The lowest BCUT2D eigenvalue weighted by Gasteiger charge is -2.17. The molecular weight excluding hydrogens is 220 g/mol. The van der Waals surface area contributed by atoms with E-state index in [9.17, 15) is 8.78 Å². The van der Waals surface area contributed by atoms with Gasteiger partial charge in [0, 0.05) is 18.9 Å². The summed E-state index contributed by atoms with van der Waals surface area (Å²) in [5, 5.41) is 0. The van der Waals surface area contributed by atoms with Crippen molar-refractivity contribution in [3.63, 3.8) is 0 Å². The second-order valence-corrected chi connectivity index (χ2v) is 6.55. The molecule has 2 N–H and O–H groups in total. The summed E-state index contributed by atoms with van der Waals surface area (Å²) in [6.07, 6.45) is 7.08. The van der Waals surface area contributed by atoms with Crippen LogP contribution in [-0.2, 0) is 0 Å². The third kappa shape index (κ3) is 2.35. The normalized spacial score (nSPS) is 45.4. The van der Waals surface area contributed by atoms with Crippen LogP contribution in [0.5, 0.6) is 0 Å². The summed E-state index contributed by atoms with van der Waals surface area (Å²) in [6.45, 7) is 0. The Hall–Kier alpha value is -0.180. The van der Waals surface area contributed by atoms with Crippen LogP contribution in [0.1, 0.15) is 51.4 Å². The molecular formula is C14H23F2N. The zero-order chi connectivity index (χ0) is 12.0. The molecule has 0 spiro atoms. The topological polar surface area (TPSA) is 26.0 Å². The Balaban J connectivity index is 1.50. The van der Waals surface area contributed by atoms with Gasteiger partial charge in [-0.05, 0) is 49.4 Å². The number of alkyl halides is 2. The first-order valence-corrected chi connectivity index (χ1v) is 7.20. The van der Waals surface area contributed by atoms with E-state index in [-0.39, 0.29) is 24.8 Å². The van der Waals surface area contributed by atoms with Crippen LogP contribution in [0.25, 0.3) is 0 Å². The molecule has 0 aromatic rings. The van der Waals surface area contributed by atoms with Gasteiger partial charge < -0.3 is 5.73 Å². The van der Waals surface area contributed by atoms with Gasteiger partial charge in [-0.3, -0.25) is 0 Å². The smallest absolute Gasteiger partial charge is 0.248 e. The molecule has 4 unspecified atom stereocenters. The van der Waals surface area contributed by atoms with Crippen molar-refractivity contribution in [3.8, 4) is 0 Å². The molecule has 0 amide bonds. The van der Waals surface area contributed by atoms with E-state index < -0.39 is 5.92 Å². The highest BCUT2D eigenvalue weighted by atomic mass is 19.3. The molecule has 3 heteroatoms. The van der Waals surface area contributed by atoms with Crippen molar-refractivity contribution in [2.45, 2.75) is 63.3 Å². The monoisotopic (exact) mass is 243 g/mol. The minimum absolute atomic E-state index is 0.0852. The first-order chi connectivity index (χ1) is 8.07. The quantitative estimate of drug-likeness (QED) is 0.805. The number of hydrogen-bond acceptors (Lipinski definition) is 1. The Labute approximate surface area is 102 Å². The van der Waals surface area contributed by atoms with Crippen LogP contribution in [0.3, 0.4) is 0 Å². The van der Waals surface area contributed by atoms with Gasteiger partial charge in [0.2, 0.25) is 5.92 Å². The first-order valence-electron chi connectivity index (χ1n) is 7.20. The van der Waals surface area contributed by atoms with Gasteiger partial charge in [0.25, 0.3) is 0 Å². The molecule has 0 radical (unpaired) electrons. The molecule has 3 aliphatic rings. The van der Waals surface area contributed by atoms with Gasteiger partial charge in [-0.1, -0.05) is 12.8 Å². The second-order valence-electron chi connectivity index (χ2n) is 6.55. The van der Waals surface area contributed by atoms with Gasteiger partial charge in [0.05, 0.1) is 0 Å². The van der Waals surface area contributed by atoms with E-state index in [1.54, 1.807) is 0 Å². The maximum Gasteiger partial charge on any atom is 0.248 e. The number of halogens is 2. The fourth-order valence-corrected chi connectivity index (χ4v) is 4.47. The zero-order valence-corrected chi connectivity index (χ0v) is 10.4. The number of hydrogen-bond donors (Lipinski definition) is 1. The van der Waals surface area contributed by atoms with Crippen LogP contribution >= 0.6 is 0 Å². The molecule has 98 valence electrons. The summed E-state index contributed by atoms with van der Waals surface area (Å²) in [5.74, 6) is 0.149. The molecule has 3 fully saturated rings. The van der Waals surface area contributed by atoms with E-state index in [0.717, 1.165) is 18.3 Å². The summed E-state index contributed by atoms with van der Waals surface area (Å²) < 4.78 is 26.2. The summed E-state index contributed by atoms with van der Waals surface area (Å²) in [5.41, 5.74) is 6.26. The summed E-state index contributed by atoms with van der Waals surface area (Å²) >= 11 is 0. The molecule has 0 saturated heterocycles. The predicted octanol–water partition coefficient (Wildman–Crippen LogP) is 3.58. The highest BCUT2D eigenvalue weighted by molar-refractivity contribution is 5.04. The van der Waals surface area contributed by atoms with Gasteiger partial charge in [-0.25, -0.2) is 8.78 Å². The van der Waals surface area contributed by atoms with Crippen LogP contribution in [0.4, 0.5) is 8.78 Å². The SMILES string of the molecule is NC(CC1CCC(F)(F)C1)C1C2CCCCC21. The molecule has 17 heavy (non-hydrogen) atoms.